The molecule has 3 aromatic rings. The van der Waals surface area contributed by atoms with Crippen LogP contribution in [-0.4, -0.2) is 12.5 Å². The lowest BCUT2D eigenvalue weighted by Gasteiger charge is -2.17. The molecule has 0 spiro atoms. The summed E-state index contributed by atoms with van der Waals surface area (Å²) in [7, 11) is 0. The van der Waals surface area contributed by atoms with Crippen molar-refractivity contribution in [3.8, 4) is 11.8 Å². The SMILES string of the molecule is C[C@@H](NCC=CC#CC(C)(C)C(=O)NCc1ccc(Cl)cc1)c1cccc2ccccc12. The highest BCUT2D eigenvalue weighted by Crippen LogP contribution is 2.23. The minimum absolute atomic E-state index is 0.101. The Bertz CT molecular complexity index is 1150. The first-order valence-electron chi connectivity index (χ1n) is 10.8. The number of fused-ring (bicyclic) bond motifs is 1. The summed E-state index contributed by atoms with van der Waals surface area (Å²) in [5.74, 6) is 5.96. The van der Waals surface area contributed by atoms with Crippen LogP contribution in [0.4, 0.5) is 0 Å². The van der Waals surface area contributed by atoms with Crippen LogP contribution >= 0.6 is 11.6 Å². The second-order valence-corrected chi connectivity index (χ2v) is 8.74. The lowest BCUT2D eigenvalue weighted by Crippen LogP contribution is -2.35. The van der Waals surface area contributed by atoms with Crippen molar-refractivity contribution in [1.82, 2.24) is 10.6 Å². The van der Waals surface area contributed by atoms with Crippen LogP contribution in [0.3, 0.4) is 0 Å². The molecule has 164 valence electrons. The van der Waals surface area contributed by atoms with Crippen LogP contribution in [0.15, 0.2) is 78.9 Å². The van der Waals surface area contributed by atoms with Crippen LogP contribution in [0.1, 0.15) is 37.9 Å². The predicted octanol–water partition coefficient (Wildman–Crippen LogP) is 6.05. The number of halogens is 1. The van der Waals surface area contributed by atoms with Gasteiger partial charge in [-0.3, -0.25) is 4.79 Å². The topological polar surface area (TPSA) is 41.1 Å². The first-order chi connectivity index (χ1) is 15.4. The van der Waals surface area contributed by atoms with Gasteiger partial charge in [0.2, 0.25) is 5.91 Å². The minimum Gasteiger partial charge on any atom is -0.351 e. The maximum absolute atomic E-state index is 12.5. The molecule has 0 bridgehead atoms. The maximum atomic E-state index is 12.5. The summed E-state index contributed by atoms with van der Waals surface area (Å²) < 4.78 is 0. The second kappa shape index (κ2) is 11.0. The van der Waals surface area contributed by atoms with Crippen molar-refractivity contribution in [3.63, 3.8) is 0 Å². The normalized spacial score (nSPS) is 12.4. The Morgan fingerprint density at radius 1 is 1.06 bits per heavy atom. The van der Waals surface area contributed by atoms with Gasteiger partial charge < -0.3 is 10.6 Å². The van der Waals surface area contributed by atoms with E-state index in [1.807, 2.05) is 44.2 Å². The quantitative estimate of drug-likeness (QED) is 0.436. The number of allylic oxidation sites excluding steroid dienone is 1. The molecule has 0 aliphatic carbocycles. The molecule has 0 aromatic heterocycles. The highest BCUT2D eigenvalue weighted by Gasteiger charge is 2.24. The van der Waals surface area contributed by atoms with E-state index in [2.05, 4.69) is 71.9 Å². The number of nitrogens with one attached hydrogen (secondary N) is 2. The molecule has 1 atom stereocenters. The van der Waals surface area contributed by atoms with E-state index in [9.17, 15) is 4.79 Å². The molecule has 0 aliphatic rings. The molecular formula is C28H29ClN2O. The van der Waals surface area contributed by atoms with E-state index in [1.165, 1.54) is 16.3 Å². The van der Waals surface area contributed by atoms with Gasteiger partial charge in [-0.25, -0.2) is 0 Å². The first kappa shape index (κ1) is 23.6. The predicted molar refractivity (Wildman–Crippen MR) is 134 cm³/mol. The lowest BCUT2D eigenvalue weighted by atomic mass is 9.93. The van der Waals surface area contributed by atoms with Gasteiger partial charge in [0.05, 0.1) is 0 Å². The summed E-state index contributed by atoms with van der Waals surface area (Å²) in [6.07, 6.45) is 3.79. The van der Waals surface area contributed by atoms with E-state index in [-0.39, 0.29) is 11.9 Å². The summed E-state index contributed by atoms with van der Waals surface area (Å²) in [5, 5.41) is 9.64. The average Bonchev–Trinajstić information content (AvgIpc) is 2.80. The molecule has 0 fully saturated rings. The van der Waals surface area contributed by atoms with Crippen LogP contribution < -0.4 is 10.6 Å². The van der Waals surface area contributed by atoms with Gasteiger partial charge >= 0.3 is 0 Å². The van der Waals surface area contributed by atoms with Gasteiger partial charge in [0.15, 0.2) is 0 Å². The fraction of sp³-hybridized carbons (Fsp3) is 0.250. The third-order valence-corrected chi connectivity index (χ3v) is 5.60. The van der Waals surface area contributed by atoms with Crippen molar-refractivity contribution in [3.05, 3.63) is 95.0 Å². The van der Waals surface area contributed by atoms with Crippen LogP contribution in [0.5, 0.6) is 0 Å². The Balaban J connectivity index is 1.49. The van der Waals surface area contributed by atoms with Crippen molar-refractivity contribution >= 4 is 28.3 Å². The first-order valence-corrected chi connectivity index (χ1v) is 11.2. The number of benzene rings is 3. The van der Waals surface area contributed by atoms with Gasteiger partial charge in [0.1, 0.15) is 5.41 Å². The number of carbonyl (C=O) groups is 1. The van der Waals surface area contributed by atoms with Gasteiger partial charge in [0, 0.05) is 24.2 Å². The van der Waals surface area contributed by atoms with Gasteiger partial charge in [-0.15, -0.1) is 0 Å². The minimum atomic E-state index is -0.777. The molecule has 32 heavy (non-hydrogen) atoms. The standard InChI is InChI=1S/C28H29ClN2O/c1-21(25-13-9-11-23-10-5-6-12-26(23)25)30-19-8-4-7-18-28(2,3)27(32)31-20-22-14-16-24(29)17-15-22/h4-6,8-17,21,30H,19-20H2,1-3H3,(H,31,32)/t21-/m1/s1. The summed E-state index contributed by atoms with van der Waals surface area (Å²) in [5.41, 5.74) is 1.50. The number of carbonyl (C=O) groups excluding carboxylic acids is 1. The number of hydrogen-bond acceptors (Lipinski definition) is 2. The van der Waals surface area contributed by atoms with E-state index >= 15 is 0 Å². The molecule has 0 unspecified atom stereocenters. The molecule has 3 nitrogen and oxygen atoms in total. The molecule has 0 radical (unpaired) electrons. The van der Waals surface area contributed by atoms with Crippen molar-refractivity contribution in [2.45, 2.75) is 33.4 Å². The smallest absolute Gasteiger partial charge is 0.237 e. The Kier molecular flexibility index (Phi) is 8.11. The third kappa shape index (κ3) is 6.47. The Morgan fingerprint density at radius 2 is 1.78 bits per heavy atom. The molecule has 0 aliphatic heterocycles. The molecule has 0 heterocycles. The van der Waals surface area contributed by atoms with E-state index in [0.717, 1.165) is 5.56 Å². The van der Waals surface area contributed by atoms with Crippen LogP contribution in [0.25, 0.3) is 10.8 Å². The maximum Gasteiger partial charge on any atom is 0.237 e. The van der Waals surface area contributed by atoms with Crippen LogP contribution in [-0.2, 0) is 11.3 Å². The Morgan fingerprint density at radius 3 is 2.56 bits per heavy atom. The van der Waals surface area contributed by atoms with E-state index in [4.69, 9.17) is 11.6 Å². The van der Waals surface area contributed by atoms with Crippen molar-refractivity contribution in [2.24, 2.45) is 5.41 Å². The van der Waals surface area contributed by atoms with Crippen LogP contribution in [0, 0.1) is 17.3 Å². The summed E-state index contributed by atoms with van der Waals surface area (Å²) in [6.45, 7) is 6.96. The zero-order chi connectivity index (χ0) is 23.0. The molecular weight excluding hydrogens is 416 g/mol. The van der Waals surface area contributed by atoms with Crippen molar-refractivity contribution in [2.75, 3.05) is 6.54 Å². The summed E-state index contributed by atoms with van der Waals surface area (Å²) in [4.78, 5) is 12.5. The monoisotopic (exact) mass is 444 g/mol. The number of amides is 1. The zero-order valence-electron chi connectivity index (χ0n) is 18.8. The van der Waals surface area contributed by atoms with Gasteiger partial charge in [-0.1, -0.05) is 84.1 Å². The largest absolute Gasteiger partial charge is 0.351 e. The van der Waals surface area contributed by atoms with Crippen LogP contribution in [0.2, 0.25) is 5.02 Å². The second-order valence-electron chi connectivity index (χ2n) is 8.30. The highest BCUT2D eigenvalue weighted by atomic mass is 35.5. The van der Waals surface area contributed by atoms with E-state index in [1.54, 1.807) is 6.08 Å². The Labute approximate surface area is 195 Å². The summed E-state index contributed by atoms with van der Waals surface area (Å²) in [6, 6.07) is 22.5. The molecule has 0 saturated heterocycles. The molecule has 1 amide bonds. The fourth-order valence-corrected chi connectivity index (χ4v) is 3.51. The molecule has 0 saturated carbocycles. The molecule has 3 rings (SSSR count). The van der Waals surface area contributed by atoms with Crippen molar-refractivity contribution < 1.29 is 4.79 Å². The lowest BCUT2D eigenvalue weighted by molar-refractivity contribution is -0.126. The average molecular weight is 445 g/mol. The molecule has 3 aromatic carbocycles. The van der Waals surface area contributed by atoms with E-state index in [0.29, 0.717) is 18.1 Å². The van der Waals surface area contributed by atoms with E-state index < -0.39 is 5.41 Å². The summed E-state index contributed by atoms with van der Waals surface area (Å²) >= 11 is 5.90. The zero-order valence-corrected chi connectivity index (χ0v) is 19.5. The fourth-order valence-electron chi connectivity index (χ4n) is 3.39. The number of rotatable bonds is 7. The van der Waals surface area contributed by atoms with Gasteiger partial charge in [0.25, 0.3) is 0 Å². The molecule has 4 heteroatoms. The number of hydrogen-bond donors (Lipinski definition) is 2. The van der Waals surface area contributed by atoms with Gasteiger partial charge in [-0.2, -0.15) is 0 Å². The highest BCUT2D eigenvalue weighted by molar-refractivity contribution is 6.30. The molecule has 2 N–H and O–H groups in total. The third-order valence-electron chi connectivity index (χ3n) is 5.35. The van der Waals surface area contributed by atoms with Crippen molar-refractivity contribution in [1.29, 1.82) is 0 Å². The Hall–Kier alpha value is -3.06. The van der Waals surface area contributed by atoms with Gasteiger partial charge in [-0.05, 0) is 60.9 Å².